The van der Waals surface area contributed by atoms with E-state index in [9.17, 15) is 9.35 Å². The maximum Gasteiger partial charge on any atom is 0.272 e. The number of carbonyl (C=O) groups excluding carboxylic acids is 1. The van der Waals surface area contributed by atoms with Crippen LogP contribution >= 0.6 is 0 Å². The first-order valence-corrected chi connectivity index (χ1v) is 10.1. The lowest BCUT2D eigenvalue weighted by Crippen LogP contribution is -2.43. The molecule has 1 aliphatic heterocycles. The van der Waals surface area contributed by atoms with Gasteiger partial charge in [0.05, 0.1) is 13.2 Å². The van der Waals surface area contributed by atoms with Crippen LogP contribution < -0.4 is 5.73 Å². The number of benzene rings is 1. The fourth-order valence-corrected chi connectivity index (χ4v) is 3.79. The number of hydrogen-bond acceptors (Lipinski definition) is 6. The summed E-state index contributed by atoms with van der Waals surface area (Å²) in [6.07, 6.45) is 0.954. The summed E-state index contributed by atoms with van der Waals surface area (Å²) in [6.45, 7) is 4.22. The van der Waals surface area contributed by atoms with Crippen LogP contribution in [0.25, 0.3) is 11.5 Å². The highest BCUT2D eigenvalue weighted by Gasteiger charge is 2.24. The number of carbonyl (C=O) groups is 1. The van der Waals surface area contributed by atoms with E-state index < -0.39 is 11.2 Å². The van der Waals surface area contributed by atoms with Crippen molar-refractivity contribution in [1.29, 1.82) is 0 Å². The molecule has 1 aromatic carbocycles. The van der Waals surface area contributed by atoms with Gasteiger partial charge in [0, 0.05) is 18.7 Å². The minimum Gasteiger partial charge on any atom is -0.616 e. The first-order valence-electron chi connectivity index (χ1n) is 8.61. The molecule has 1 amide bonds. The summed E-state index contributed by atoms with van der Waals surface area (Å²) in [5.41, 5.74) is 8.34. The van der Waals surface area contributed by atoms with E-state index >= 15 is 0 Å². The molecule has 1 atom stereocenters. The van der Waals surface area contributed by atoms with Gasteiger partial charge in [0.2, 0.25) is 11.8 Å². The van der Waals surface area contributed by atoms with Crippen molar-refractivity contribution >= 4 is 23.0 Å². The minimum atomic E-state index is -1.40. The molecule has 1 saturated heterocycles. The monoisotopic (exact) mass is 377 g/mol. The molecule has 140 valence electrons. The van der Waals surface area contributed by atoms with Crippen molar-refractivity contribution in [3.05, 3.63) is 35.5 Å². The van der Waals surface area contributed by atoms with Crippen LogP contribution in [0.4, 0.5) is 5.88 Å². The van der Waals surface area contributed by atoms with E-state index in [1.54, 1.807) is 4.90 Å². The molecule has 2 aromatic rings. The van der Waals surface area contributed by atoms with Crippen molar-refractivity contribution in [3.63, 3.8) is 0 Å². The number of oxazole rings is 1. The Balaban J connectivity index is 1.62. The molecule has 0 saturated carbocycles. The molecule has 2 N–H and O–H groups in total. The van der Waals surface area contributed by atoms with E-state index in [1.165, 1.54) is 5.56 Å². The highest BCUT2D eigenvalue weighted by molar-refractivity contribution is 7.91. The third-order valence-corrected chi connectivity index (χ3v) is 5.45. The molecular formula is C18H23N3O4S. The zero-order valence-corrected chi connectivity index (χ0v) is 15.6. The van der Waals surface area contributed by atoms with Gasteiger partial charge in [0.1, 0.15) is 0 Å². The fraction of sp³-hybridized carbons (Fsp3) is 0.444. The summed E-state index contributed by atoms with van der Waals surface area (Å²) < 4.78 is 23.1. The molecule has 7 nitrogen and oxygen atoms in total. The number of nitrogen functional groups attached to an aromatic ring is 1. The van der Waals surface area contributed by atoms with Crippen molar-refractivity contribution in [1.82, 2.24) is 9.88 Å². The Morgan fingerprint density at radius 2 is 2.00 bits per heavy atom. The van der Waals surface area contributed by atoms with E-state index in [4.69, 9.17) is 14.9 Å². The quantitative estimate of drug-likeness (QED) is 0.767. The molecule has 0 bridgehead atoms. The Morgan fingerprint density at radius 3 is 2.65 bits per heavy atom. The van der Waals surface area contributed by atoms with Crippen molar-refractivity contribution in [2.24, 2.45) is 0 Å². The maximum absolute atomic E-state index is 12.3. The number of aryl methyl sites for hydroxylation is 1. The maximum atomic E-state index is 12.3. The van der Waals surface area contributed by atoms with E-state index in [2.05, 4.69) is 11.9 Å². The second-order valence-electron chi connectivity index (χ2n) is 6.10. The van der Waals surface area contributed by atoms with Gasteiger partial charge in [-0.1, -0.05) is 19.1 Å². The van der Waals surface area contributed by atoms with Gasteiger partial charge in [-0.2, -0.15) is 0 Å². The van der Waals surface area contributed by atoms with Gasteiger partial charge in [0.25, 0.3) is 5.91 Å². The van der Waals surface area contributed by atoms with Gasteiger partial charge in [-0.15, -0.1) is 0 Å². The summed E-state index contributed by atoms with van der Waals surface area (Å²) in [7, 11) is 0. The van der Waals surface area contributed by atoms with Gasteiger partial charge in [-0.05, 0) is 35.3 Å². The molecule has 0 aliphatic carbocycles. The van der Waals surface area contributed by atoms with Crippen molar-refractivity contribution < 1.29 is 18.5 Å². The van der Waals surface area contributed by atoms with Crippen LogP contribution in [0.2, 0.25) is 0 Å². The number of hydrogen-bond donors (Lipinski definition) is 1. The number of ether oxygens (including phenoxy) is 1. The summed E-state index contributed by atoms with van der Waals surface area (Å²) in [6, 6.07) is 7.86. The number of morpholine rings is 1. The van der Waals surface area contributed by atoms with Crippen LogP contribution in [-0.4, -0.2) is 52.4 Å². The average molecular weight is 377 g/mol. The van der Waals surface area contributed by atoms with Gasteiger partial charge in [-0.25, -0.2) is 4.98 Å². The van der Waals surface area contributed by atoms with Crippen LogP contribution in [0.5, 0.6) is 0 Å². The first kappa shape index (κ1) is 18.8. The number of nitrogens with two attached hydrogens (primary N) is 1. The summed E-state index contributed by atoms with van der Waals surface area (Å²) in [5.74, 6) is 0.457. The van der Waals surface area contributed by atoms with Crippen LogP contribution in [0, 0.1) is 0 Å². The second kappa shape index (κ2) is 8.57. The number of aromatic nitrogens is 1. The normalized spacial score (nSPS) is 15.8. The fourth-order valence-electron chi connectivity index (χ4n) is 2.72. The summed E-state index contributed by atoms with van der Waals surface area (Å²) in [4.78, 5) is 18.2. The molecule has 1 unspecified atom stereocenters. The molecule has 0 radical (unpaired) electrons. The molecule has 2 heterocycles. The predicted octanol–water partition coefficient (Wildman–Crippen LogP) is 1.59. The van der Waals surface area contributed by atoms with E-state index in [0.717, 1.165) is 12.0 Å². The van der Waals surface area contributed by atoms with E-state index in [0.29, 0.717) is 37.9 Å². The van der Waals surface area contributed by atoms with Crippen LogP contribution in [-0.2, 0) is 32.9 Å². The number of nitrogens with zero attached hydrogens (tertiary/aromatic N) is 2. The third kappa shape index (κ3) is 4.57. The van der Waals surface area contributed by atoms with Gasteiger partial charge in [-0.3, -0.25) is 4.79 Å². The SMILES string of the molecule is CCc1ccc(-c2nc(C[S+]([O-])CC(=O)N3CCOCC3)c(N)o2)cc1. The van der Waals surface area contributed by atoms with Crippen molar-refractivity contribution in [3.8, 4) is 11.5 Å². The van der Waals surface area contributed by atoms with Crippen LogP contribution in [0.3, 0.4) is 0 Å². The lowest BCUT2D eigenvalue weighted by Gasteiger charge is -2.26. The number of anilines is 1. The number of rotatable bonds is 6. The Hall–Kier alpha value is -2.03. The number of amides is 1. The van der Waals surface area contributed by atoms with E-state index in [1.807, 2.05) is 24.3 Å². The zero-order valence-electron chi connectivity index (χ0n) is 14.8. The molecule has 1 aromatic heterocycles. The highest BCUT2D eigenvalue weighted by Crippen LogP contribution is 2.25. The predicted molar refractivity (Wildman–Crippen MR) is 99.8 cm³/mol. The zero-order chi connectivity index (χ0) is 18.5. The Kier molecular flexibility index (Phi) is 6.18. The smallest absolute Gasteiger partial charge is 0.272 e. The summed E-state index contributed by atoms with van der Waals surface area (Å²) in [5, 5.41) is 0. The van der Waals surface area contributed by atoms with Crippen LogP contribution in [0.1, 0.15) is 18.2 Å². The molecule has 26 heavy (non-hydrogen) atoms. The lowest BCUT2D eigenvalue weighted by molar-refractivity contribution is -0.132. The largest absolute Gasteiger partial charge is 0.616 e. The Morgan fingerprint density at radius 1 is 1.31 bits per heavy atom. The third-order valence-electron chi connectivity index (χ3n) is 4.28. The molecule has 3 rings (SSSR count). The lowest BCUT2D eigenvalue weighted by atomic mass is 10.1. The first-order chi connectivity index (χ1) is 12.6. The minimum absolute atomic E-state index is 0.0488. The average Bonchev–Trinajstić information content (AvgIpc) is 3.02. The molecule has 8 heteroatoms. The topological polar surface area (TPSA) is 105 Å². The standard InChI is InChI=1S/C18H23N3O4S/c1-2-13-3-5-14(6-4-13)18-20-15(17(19)25-18)11-26(23)12-16(22)21-7-9-24-10-8-21/h3-6H,2,7-12,19H2,1H3. The van der Waals surface area contributed by atoms with Crippen LogP contribution in [0.15, 0.2) is 28.7 Å². The molecule has 1 aliphatic rings. The summed E-state index contributed by atoms with van der Waals surface area (Å²) >= 11 is -1.40. The second-order valence-corrected chi connectivity index (χ2v) is 7.56. The molecule has 0 spiro atoms. The molecular weight excluding hydrogens is 354 g/mol. The Bertz CT molecular complexity index is 741. The highest BCUT2D eigenvalue weighted by atomic mass is 32.2. The Labute approximate surface area is 155 Å². The molecule has 1 fully saturated rings. The van der Waals surface area contributed by atoms with Gasteiger partial charge < -0.3 is 24.3 Å². The van der Waals surface area contributed by atoms with Gasteiger partial charge in [0.15, 0.2) is 17.2 Å². The van der Waals surface area contributed by atoms with E-state index in [-0.39, 0.29) is 23.3 Å². The van der Waals surface area contributed by atoms with Crippen molar-refractivity contribution in [2.75, 3.05) is 37.8 Å². The van der Waals surface area contributed by atoms with Crippen molar-refractivity contribution in [2.45, 2.75) is 19.1 Å². The van der Waals surface area contributed by atoms with Gasteiger partial charge >= 0.3 is 0 Å².